The highest BCUT2D eigenvalue weighted by Gasteiger charge is 2.63. The van der Waals surface area contributed by atoms with E-state index in [2.05, 4.69) is 6.07 Å². The highest BCUT2D eigenvalue weighted by Crippen LogP contribution is 2.63. The van der Waals surface area contributed by atoms with Crippen molar-refractivity contribution in [2.45, 2.75) is 39.0 Å². The summed E-state index contributed by atoms with van der Waals surface area (Å²) in [5, 5.41) is 0. The van der Waals surface area contributed by atoms with Gasteiger partial charge in [0, 0.05) is 11.5 Å². The summed E-state index contributed by atoms with van der Waals surface area (Å²) in [5.41, 5.74) is 2.99. The zero-order valence-corrected chi connectivity index (χ0v) is 13.4. The molecule has 0 N–H and O–H groups in total. The highest BCUT2D eigenvalue weighted by molar-refractivity contribution is 5.95. The van der Waals surface area contributed by atoms with Crippen LogP contribution in [0.3, 0.4) is 0 Å². The summed E-state index contributed by atoms with van der Waals surface area (Å²) in [5.74, 6) is 0.615. The average Bonchev–Trinajstić information content (AvgIpc) is 2.95. The molecule has 4 atom stereocenters. The number of carbonyl (C=O) groups is 2. The number of ether oxygens (including phenoxy) is 2. The summed E-state index contributed by atoms with van der Waals surface area (Å²) >= 11 is 0. The number of hydrogen-bond acceptors (Lipinski definition) is 4. The lowest BCUT2D eigenvalue weighted by molar-refractivity contribution is -0.114. The van der Waals surface area contributed by atoms with Crippen LogP contribution >= 0.6 is 0 Å². The van der Waals surface area contributed by atoms with E-state index in [1.807, 2.05) is 25.1 Å². The molecule has 0 saturated carbocycles. The third-order valence-electron chi connectivity index (χ3n) is 5.15. The predicted molar refractivity (Wildman–Crippen MR) is 82.5 cm³/mol. The van der Waals surface area contributed by atoms with E-state index >= 15 is 0 Å². The maximum absolute atomic E-state index is 12.5. The molecule has 0 spiro atoms. The second kappa shape index (κ2) is 4.85. The quantitative estimate of drug-likeness (QED) is 0.842. The van der Waals surface area contributed by atoms with Crippen LogP contribution in [-0.2, 0) is 14.3 Å². The van der Waals surface area contributed by atoms with E-state index in [0.29, 0.717) is 17.9 Å². The molecule has 1 aromatic carbocycles. The third kappa shape index (κ3) is 1.73. The van der Waals surface area contributed by atoms with Crippen molar-refractivity contribution in [2.75, 3.05) is 6.61 Å². The van der Waals surface area contributed by atoms with Crippen molar-refractivity contribution in [3.63, 3.8) is 0 Å². The average molecular weight is 313 g/mol. The number of benzene rings is 1. The van der Waals surface area contributed by atoms with Crippen molar-refractivity contribution in [2.24, 2.45) is 5.92 Å². The van der Waals surface area contributed by atoms with Gasteiger partial charge in [-0.05, 0) is 31.9 Å². The fourth-order valence-electron chi connectivity index (χ4n) is 4.50. The lowest BCUT2D eigenvalue weighted by Crippen LogP contribution is -2.43. The number of amides is 1. The zero-order chi connectivity index (χ0) is 16.3. The van der Waals surface area contributed by atoms with Crippen molar-refractivity contribution in [3.05, 3.63) is 46.7 Å². The fraction of sp³-hybridized carbons (Fsp3) is 0.444. The molecule has 2 aliphatic heterocycles. The fourth-order valence-corrected chi connectivity index (χ4v) is 4.50. The van der Waals surface area contributed by atoms with Gasteiger partial charge in [-0.3, -0.25) is 9.69 Å². The smallest absolute Gasteiger partial charge is 0.413 e. The zero-order valence-electron chi connectivity index (χ0n) is 13.4. The van der Waals surface area contributed by atoms with E-state index in [9.17, 15) is 9.59 Å². The number of nitrogens with zero attached hydrogens (tertiary/aromatic N) is 1. The molecule has 23 heavy (non-hydrogen) atoms. The molecule has 0 radical (unpaired) electrons. The maximum Gasteiger partial charge on any atom is 0.413 e. The number of hydrogen-bond donors (Lipinski definition) is 0. The second-order valence-electron chi connectivity index (χ2n) is 6.27. The summed E-state index contributed by atoms with van der Waals surface area (Å²) in [7, 11) is 0. The lowest BCUT2D eigenvalue weighted by Gasteiger charge is -2.36. The molecule has 1 fully saturated rings. The van der Waals surface area contributed by atoms with E-state index in [4.69, 9.17) is 9.47 Å². The standard InChI is InChI=1S/C18H19NO4/c1-4-22-18(21)19-16-12-8-6-5-7-11(12)14-15(16)13(9(2)20)10(3)23-17(14)19/h5-8,14-17H,4H2,1-3H3/t14-,15-,16+,17+/m0/s1. The molecule has 4 rings (SSSR count). The summed E-state index contributed by atoms with van der Waals surface area (Å²) in [6.07, 6.45) is -0.760. The molecule has 1 aromatic rings. The lowest BCUT2D eigenvalue weighted by atomic mass is 9.83. The van der Waals surface area contributed by atoms with Gasteiger partial charge in [-0.15, -0.1) is 0 Å². The molecule has 1 amide bonds. The van der Waals surface area contributed by atoms with Gasteiger partial charge in [-0.1, -0.05) is 24.3 Å². The van der Waals surface area contributed by atoms with E-state index in [-0.39, 0.29) is 36.0 Å². The first-order chi connectivity index (χ1) is 11.1. The Balaban J connectivity index is 1.87. The Hall–Kier alpha value is -2.30. The number of carbonyl (C=O) groups excluding carboxylic acids is 2. The van der Waals surface area contributed by atoms with Gasteiger partial charge < -0.3 is 9.47 Å². The van der Waals surface area contributed by atoms with Crippen molar-refractivity contribution in [1.29, 1.82) is 0 Å². The molecule has 1 aliphatic carbocycles. The summed E-state index contributed by atoms with van der Waals surface area (Å²) in [4.78, 5) is 26.4. The molecule has 120 valence electrons. The van der Waals surface area contributed by atoms with Gasteiger partial charge in [0.2, 0.25) is 0 Å². The Morgan fingerprint density at radius 1 is 1.22 bits per heavy atom. The molecular weight excluding hydrogens is 294 g/mol. The second-order valence-corrected chi connectivity index (χ2v) is 6.27. The minimum Gasteiger partial charge on any atom is -0.474 e. The molecule has 2 heterocycles. The normalized spacial score (nSPS) is 30.1. The summed E-state index contributed by atoms with van der Waals surface area (Å²) in [6, 6.07) is 7.89. The Morgan fingerprint density at radius 3 is 2.57 bits per heavy atom. The van der Waals surface area contributed by atoms with Gasteiger partial charge in [-0.25, -0.2) is 4.79 Å². The molecule has 0 aromatic heterocycles. The molecule has 5 nitrogen and oxygen atoms in total. The van der Waals surface area contributed by atoms with Crippen LogP contribution in [-0.4, -0.2) is 29.6 Å². The van der Waals surface area contributed by atoms with Gasteiger partial charge in [0.05, 0.1) is 18.6 Å². The predicted octanol–water partition coefficient (Wildman–Crippen LogP) is 3.13. The largest absolute Gasteiger partial charge is 0.474 e. The minimum absolute atomic E-state index is 0.00297. The number of ketones is 1. The van der Waals surface area contributed by atoms with Crippen molar-refractivity contribution < 1.29 is 19.1 Å². The third-order valence-corrected chi connectivity index (χ3v) is 5.15. The molecule has 0 unspecified atom stereocenters. The highest BCUT2D eigenvalue weighted by atomic mass is 16.6. The number of likely N-dealkylation sites (tertiary alicyclic amines) is 1. The molecule has 1 saturated heterocycles. The van der Waals surface area contributed by atoms with E-state index in [1.54, 1.807) is 18.7 Å². The van der Waals surface area contributed by atoms with Crippen molar-refractivity contribution >= 4 is 11.9 Å². The van der Waals surface area contributed by atoms with Crippen LogP contribution in [0.5, 0.6) is 0 Å². The Bertz CT molecular complexity index is 738. The van der Waals surface area contributed by atoms with E-state index in [0.717, 1.165) is 5.56 Å². The van der Waals surface area contributed by atoms with Crippen molar-refractivity contribution in [3.8, 4) is 0 Å². The minimum atomic E-state index is -0.387. The van der Waals surface area contributed by atoms with Gasteiger partial charge in [0.1, 0.15) is 5.76 Å². The Labute approximate surface area is 134 Å². The van der Waals surface area contributed by atoms with Crippen LogP contribution in [0.4, 0.5) is 4.79 Å². The van der Waals surface area contributed by atoms with E-state index in [1.165, 1.54) is 5.56 Å². The molecule has 4 bridgehead atoms. The molecular formula is C18H19NO4. The first-order valence-electron chi connectivity index (χ1n) is 7.98. The van der Waals surface area contributed by atoms with Crippen LogP contribution < -0.4 is 0 Å². The maximum atomic E-state index is 12.5. The number of fused-ring (bicyclic) bond motifs is 2. The Kier molecular flexibility index (Phi) is 3.01. The van der Waals surface area contributed by atoms with Crippen LogP contribution in [0.25, 0.3) is 0 Å². The SMILES string of the molecule is CCOC(=O)N1[C@@H]2OC(C)=C(C(C)=O)[C@H]3[C@@H]2c2ccccc2[C@H]31. The Morgan fingerprint density at radius 2 is 1.91 bits per heavy atom. The number of rotatable bonds is 2. The number of allylic oxidation sites excluding steroid dienone is 1. The monoisotopic (exact) mass is 313 g/mol. The van der Waals surface area contributed by atoms with Crippen LogP contribution in [0.15, 0.2) is 35.6 Å². The van der Waals surface area contributed by atoms with Gasteiger partial charge in [0.15, 0.2) is 12.0 Å². The van der Waals surface area contributed by atoms with Gasteiger partial charge >= 0.3 is 6.09 Å². The van der Waals surface area contributed by atoms with Gasteiger partial charge in [-0.2, -0.15) is 0 Å². The van der Waals surface area contributed by atoms with Crippen LogP contribution in [0, 0.1) is 5.92 Å². The molecule has 3 aliphatic rings. The number of Topliss-reactive ketones (excluding diaryl/α,β-unsaturated/α-hetero) is 1. The van der Waals surface area contributed by atoms with Crippen LogP contribution in [0.2, 0.25) is 0 Å². The molecule has 5 heteroatoms. The first kappa shape index (κ1) is 14.3. The summed E-state index contributed by atoms with van der Waals surface area (Å²) < 4.78 is 11.2. The topological polar surface area (TPSA) is 55.8 Å². The summed E-state index contributed by atoms with van der Waals surface area (Å²) in [6.45, 7) is 5.49. The van der Waals surface area contributed by atoms with Crippen molar-refractivity contribution in [1.82, 2.24) is 4.90 Å². The van der Waals surface area contributed by atoms with Crippen LogP contribution in [0.1, 0.15) is 43.9 Å². The van der Waals surface area contributed by atoms with E-state index < -0.39 is 0 Å². The first-order valence-corrected chi connectivity index (χ1v) is 7.98. The van der Waals surface area contributed by atoms with Gasteiger partial charge in [0.25, 0.3) is 0 Å².